The minimum absolute atomic E-state index is 0.346. The van der Waals surface area contributed by atoms with Crippen LogP contribution in [-0.2, 0) is 10.8 Å². The van der Waals surface area contributed by atoms with Crippen molar-refractivity contribution in [2.75, 3.05) is 12.8 Å². The maximum atomic E-state index is 12.8. The Morgan fingerprint density at radius 1 is 1.30 bits per heavy atom. The molecule has 0 amide bonds. The van der Waals surface area contributed by atoms with Crippen molar-refractivity contribution < 1.29 is 4.21 Å². The molecule has 1 N–H and O–H groups in total. The van der Waals surface area contributed by atoms with E-state index in [1.54, 1.807) is 0 Å². The highest BCUT2D eigenvalue weighted by atomic mass is 32.2. The maximum Gasteiger partial charge on any atom is 0.0504 e. The third-order valence-corrected chi connectivity index (χ3v) is 7.76. The third kappa shape index (κ3) is 4.56. The summed E-state index contributed by atoms with van der Waals surface area (Å²) < 4.78 is 12.8. The van der Waals surface area contributed by atoms with Crippen LogP contribution in [0.3, 0.4) is 0 Å². The molecule has 0 bridgehead atoms. The molecule has 120 valence electrons. The van der Waals surface area contributed by atoms with Crippen molar-refractivity contribution in [3.63, 3.8) is 0 Å². The Morgan fingerprint density at radius 3 is 2.45 bits per heavy atom. The molecule has 0 aromatic heterocycles. The lowest BCUT2D eigenvalue weighted by atomic mass is 9.68. The normalized spacial score (nSPS) is 31.0. The van der Waals surface area contributed by atoms with Gasteiger partial charge in [0.25, 0.3) is 0 Å². The monoisotopic (exact) mass is 301 g/mol. The van der Waals surface area contributed by atoms with Crippen LogP contribution in [0.5, 0.6) is 0 Å². The Balaban J connectivity index is 2.75. The average molecular weight is 302 g/mol. The van der Waals surface area contributed by atoms with E-state index in [1.807, 2.05) is 7.05 Å². The molecule has 0 saturated heterocycles. The zero-order valence-corrected chi connectivity index (χ0v) is 15.2. The van der Waals surface area contributed by atoms with E-state index in [0.29, 0.717) is 22.6 Å². The average Bonchev–Trinajstić information content (AvgIpc) is 2.46. The minimum Gasteiger partial charge on any atom is -0.316 e. The van der Waals surface area contributed by atoms with Gasteiger partial charge in [-0.15, -0.1) is 0 Å². The highest BCUT2D eigenvalue weighted by molar-refractivity contribution is 7.85. The van der Waals surface area contributed by atoms with Gasteiger partial charge in [0, 0.05) is 22.6 Å². The van der Waals surface area contributed by atoms with Crippen LogP contribution in [0.25, 0.3) is 0 Å². The summed E-state index contributed by atoms with van der Waals surface area (Å²) in [5.41, 5.74) is 0.386. The molecule has 5 unspecified atom stereocenters. The number of rotatable bonds is 7. The number of hydrogen-bond acceptors (Lipinski definition) is 2. The standard InChI is InChI=1S/C17H35NOS/c1-7-13(3)12-20(19)16-11-14(17(4,5)8-2)9-10-15(16)18-6/h13-16,18H,7-12H2,1-6H3. The first kappa shape index (κ1) is 18.2. The molecule has 1 saturated carbocycles. The van der Waals surface area contributed by atoms with Gasteiger partial charge >= 0.3 is 0 Å². The molecule has 2 nitrogen and oxygen atoms in total. The van der Waals surface area contributed by atoms with E-state index in [9.17, 15) is 4.21 Å². The van der Waals surface area contributed by atoms with Gasteiger partial charge in [-0.2, -0.15) is 0 Å². The lowest BCUT2D eigenvalue weighted by Crippen LogP contribution is -2.48. The van der Waals surface area contributed by atoms with E-state index in [-0.39, 0.29) is 0 Å². The van der Waals surface area contributed by atoms with Crippen molar-refractivity contribution >= 4 is 10.8 Å². The van der Waals surface area contributed by atoms with E-state index in [4.69, 9.17) is 0 Å². The predicted molar refractivity (Wildman–Crippen MR) is 90.5 cm³/mol. The molecule has 1 fully saturated rings. The largest absolute Gasteiger partial charge is 0.316 e. The first-order valence-electron chi connectivity index (χ1n) is 8.40. The van der Waals surface area contributed by atoms with Gasteiger partial charge in [-0.25, -0.2) is 0 Å². The number of nitrogens with one attached hydrogen (secondary N) is 1. The fraction of sp³-hybridized carbons (Fsp3) is 1.00. The van der Waals surface area contributed by atoms with Crippen LogP contribution < -0.4 is 5.32 Å². The maximum absolute atomic E-state index is 12.8. The smallest absolute Gasteiger partial charge is 0.0504 e. The van der Waals surface area contributed by atoms with Crippen LogP contribution in [-0.4, -0.2) is 28.3 Å². The van der Waals surface area contributed by atoms with E-state index in [0.717, 1.165) is 24.5 Å². The number of hydrogen-bond donors (Lipinski definition) is 1. The zero-order chi connectivity index (χ0) is 15.3. The Hall–Kier alpha value is 0.110. The van der Waals surface area contributed by atoms with E-state index >= 15 is 0 Å². The van der Waals surface area contributed by atoms with E-state index < -0.39 is 10.8 Å². The second-order valence-corrected chi connectivity index (χ2v) is 9.05. The molecule has 1 aliphatic rings. The molecule has 1 rings (SSSR count). The van der Waals surface area contributed by atoms with Gasteiger partial charge in [0.2, 0.25) is 0 Å². The van der Waals surface area contributed by atoms with Crippen LogP contribution in [0.4, 0.5) is 0 Å². The van der Waals surface area contributed by atoms with Crippen molar-refractivity contribution in [2.45, 2.75) is 78.0 Å². The van der Waals surface area contributed by atoms with Crippen LogP contribution in [0.15, 0.2) is 0 Å². The summed E-state index contributed by atoms with van der Waals surface area (Å²) in [6.45, 7) is 11.5. The van der Waals surface area contributed by atoms with E-state index in [2.05, 4.69) is 39.9 Å². The molecule has 0 heterocycles. The zero-order valence-electron chi connectivity index (χ0n) is 14.4. The van der Waals surface area contributed by atoms with Crippen molar-refractivity contribution in [1.29, 1.82) is 0 Å². The van der Waals surface area contributed by atoms with Crippen molar-refractivity contribution in [3.8, 4) is 0 Å². The van der Waals surface area contributed by atoms with E-state index in [1.165, 1.54) is 19.3 Å². The first-order valence-corrected chi connectivity index (χ1v) is 9.78. The summed E-state index contributed by atoms with van der Waals surface area (Å²) in [6.07, 6.45) is 5.94. The summed E-state index contributed by atoms with van der Waals surface area (Å²) >= 11 is 0. The fourth-order valence-corrected chi connectivity index (χ4v) is 5.40. The van der Waals surface area contributed by atoms with Crippen molar-refractivity contribution in [3.05, 3.63) is 0 Å². The molecule has 5 atom stereocenters. The molecule has 3 heteroatoms. The van der Waals surface area contributed by atoms with Crippen LogP contribution in [0, 0.1) is 17.3 Å². The van der Waals surface area contributed by atoms with Gasteiger partial charge in [-0.3, -0.25) is 4.21 Å². The van der Waals surface area contributed by atoms with Crippen molar-refractivity contribution in [1.82, 2.24) is 5.32 Å². The van der Waals surface area contributed by atoms with Crippen LogP contribution in [0.2, 0.25) is 0 Å². The van der Waals surface area contributed by atoms with Crippen LogP contribution >= 0.6 is 0 Å². The molecule has 0 spiro atoms. The first-order chi connectivity index (χ1) is 9.35. The molecule has 1 aliphatic carbocycles. The molecular weight excluding hydrogens is 266 g/mol. The molecular formula is C17H35NOS. The summed E-state index contributed by atoms with van der Waals surface area (Å²) in [5, 5.41) is 3.77. The Morgan fingerprint density at radius 2 is 1.95 bits per heavy atom. The van der Waals surface area contributed by atoms with Gasteiger partial charge in [-0.1, -0.05) is 47.5 Å². The Labute approximate surface area is 128 Å². The van der Waals surface area contributed by atoms with Gasteiger partial charge in [0.1, 0.15) is 0 Å². The molecule has 20 heavy (non-hydrogen) atoms. The van der Waals surface area contributed by atoms with Gasteiger partial charge in [0.05, 0.1) is 5.25 Å². The lowest BCUT2D eigenvalue weighted by molar-refractivity contribution is 0.141. The fourth-order valence-electron chi connectivity index (χ4n) is 3.27. The molecule has 0 radical (unpaired) electrons. The second kappa shape index (κ2) is 7.93. The molecule has 0 aliphatic heterocycles. The summed E-state index contributed by atoms with van der Waals surface area (Å²) in [7, 11) is 1.34. The van der Waals surface area contributed by atoms with Gasteiger partial charge in [0.15, 0.2) is 0 Å². The Kier molecular flexibility index (Phi) is 7.20. The highest BCUT2D eigenvalue weighted by Gasteiger charge is 2.39. The SMILES string of the molecule is CCC(C)CS(=O)C1CC(C(C)(C)CC)CCC1NC. The highest BCUT2D eigenvalue weighted by Crippen LogP contribution is 2.41. The lowest BCUT2D eigenvalue weighted by Gasteiger charge is -2.43. The Bertz CT molecular complexity index is 316. The predicted octanol–water partition coefficient (Wildman–Crippen LogP) is 3.97. The van der Waals surface area contributed by atoms with Crippen LogP contribution in [0.1, 0.15) is 66.7 Å². The second-order valence-electron chi connectivity index (χ2n) is 7.35. The summed E-state index contributed by atoms with van der Waals surface area (Å²) in [5.74, 6) is 2.18. The molecule has 0 aromatic rings. The third-order valence-electron chi connectivity index (χ3n) is 5.66. The summed E-state index contributed by atoms with van der Waals surface area (Å²) in [4.78, 5) is 0. The summed E-state index contributed by atoms with van der Waals surface area (Å²) in [6, 6.07) is 0.448. The quantitative estimate of drug-likeness (QED) is 0.771. The minimum atomic E-state index is -0.686. The topological polar surface area (TPSA) is 29.1 Å². The van der Waals surface area contributed by atoms with Gasteiger partial charge in [-0.05, 0) is 43.6 Å². The van der Waals surface area contributed by atoms with Crippen molar-refractivity contribution in [2.24, 2.45) is 17.3 Å². The molecule has 0 aromatic carbocycles. The van der Waals surface area contributed by atoms with Gasteiger partial charge < -0.3 is 5.32 Å².